The molecule has 0 aliphatic carbocycles. The second kappa shape index (κ2) is 6.19. The SMILES string of the molecule is CC(C)CCNc1cccc(Cn2cncn2)c1. The molecule has 0 unspecified atom stereocenters. The van der Waals surface area contributed by atoms with E-state index >= 15 is 0 Å². The lowest BCUT2D eigenvalue weighted by Crippen LogP contribution is -2.05. The first-order chi connectivity index (χ1) is 8.74. The monoisotopic (exact) mass is 244 g/mol. The Morgan fingerprint density at radius 2 is 2.22 bits per heavy atom. The van der Waals surface area contributed by atoms with Crippen LogP contribution in [0.15, 0.2) is 36.9 Å². The lowest BCUT2D eigenvalue weighted by atomic mass is 10.1. The first-order valence-corrected chi connectivity index (χ1v) is 6.39. The minimum atomic E-state index is 0.732. The van der Waals surface area contributed by atoms with Gasteiger partial charge in [-0.15, -0.1) is 0 Å². The van der Waals surface area contributed by atoms with Gasteiger partial charge in [-0.1, -0.05) is 26.0 Å². The van der Waals surface area contributed by atoms with Crippen molar-refractivity contribution in [1.82, 2.24) is 14.8 Å². The van der Waals surface area contributed by atoms with Crippen LogP contribution < -0.4 is 5.32 Å². The highest BCUT2D eigenvalue weighted by molar-refractivity contribution is 5.45. The average molecular weight is 244 g/mol. The van der Waals surface area contributed by atoms with Crippen molar-refractivity contribution < 1.29 is 0 Å². The number of anilines is 1. The molecular weight excluding hydrogens is 224 g/mol. The summed E-state index contributed by atoms with van der Waals surface area (Å²) in [6.07, 6.45) is 4.48. The van der Waals surface area contributed by atoms with Gasteiger partial charge in [0, 0.05) is 12.2 Å². The highest BCUT2D eigenvalue weighted by Crippen LogP contribution is 2.12. The van der Waals surface area contributed by atoms with Crippen molar-refractivity contribution in [3.63, 3.8) is 0 Å². The second-order valence-electron chi connectivity index (χ2n) is 4.90. The summed E-state index contributed by atoms with van der Waals surface area (Å²) in [5.74, 6) is 0.732. The fourth-order valence-electron chi connectivity index (χ4n) is 1.79. The Kier molecular flexibility index (Phi) is 4.34. The van der Waals surface area contributed by atoms with E-state index in [1.807, 2.05) is 4.68 Å². The Labute approximate surface area is 108 Å². The summed E-state index contributed by atoms with van der Waals surface area (Å²) in [5.41, 5.74) is 2.41. The maximum absolute atomic E-state index is 4.11. The smallest absolute Gasteiger partial charge is 0.137 e. The van der Waals surface area contributed by atoms with Gasteiger partial charge in [0.1, 0.15) is 12.7 Å². The van der Waals surface area contributed by atoms with Crippen molar-refractivity contribution in [3.05, 3.63) is 42.5 Å². The molecule has 0 amide bonds. The van der Waals surface area contributed by atoms with Gasteiger partial charge < -0.3 is 5.32 Å². The Morgan fingerprint density at radius 3 is 2.94 bits per heavy atom. The molecule has 4 nitrogen and oxygen atoms in total. The van der Waals surface area contributed by atoms with Gasteiger partial charge in [0.15, 0.2) is 0 Å². The molecule has 0 saturated carbocycles. The van der Waals surface area contributed by atoms with E-state index in [9.17, 15) is 0 Å². The number of nitrogens with zero attached hydrogens (tertiary/aromatic N) is 3. The van der Waals surface area contributed by atoms with E-state index < -0.39 is 0 Å². The molecule has 18 heavy (non-hydrogen) atoms. The minimum absolute atomic E-state index is 0.732. The summed E-state index contributed by atoms with van der Waals surface area (Å²) in [7, 11) is 0. The van der Waals surface area contributed by atoms with Crippen LogP contribution in [0.25, 0.3) is 0 Å². The minimum Gasteiger partial charge on any atom is -0.385 e. The van der Waals surface area contributed by atoms with Crippen LogP contribution in [0.2, 0.25) is 0 Å². The fraction of sp³-hybridized carbons (Fsp3) is 0.429. The van der Waals surface area contributed by atoms with E-state index in [1.54, 1.807) is 12.7 Å². The highest BCUT2D eigenvalue weighted by atomic mass is 15.3. The van der Waals surface area contributed by atoms with Gasteiger partial charge in [0.25, 0.3) is 0 Å². The van der Waals surface area contributed by atoms with E-state index in [0.717, 1.165) is 19.0 Å². The quantitative estimate of drug-likeness (QED) is 0.849. The van der Waals surface area contributed by atoms with Gasteiger partial charge in [0.2, 0.25) is 0 Å². The summed E-state index contributed by atoms with van der Waals surface area (Å²) in [4.78, 5) is 3.95. The van der Waals surface area contributed by atoms with E-state index in [2.05, 4.69) is 53.5 Å². The van der Waals surface area contributed by atoms with Gasteiger partial charge in [-0.3, -0.25) is 0 Å². The molecule has 0 radical (unpaired) electrons. The van der Waals surface area contributed by atoms with Crippen LogP contribution in [0.1, 0.15) is 25.8 Å². The Hall–Kier alpha value is -1.84. The predicted molar refractivity (Wildman–Crippen MR) is 73.5 cm³/mol. The summed E-state index contributed by atoms with van der Waals surface area (Å²) >= 11 is 0. The van der Waals surface area contributed by atoms with Crippen molar-refractivity contribution in [2.24, 2.45) is 5.92 Å². The Balaban J connectivity index is 1.92. The second-order valence-corrected chi connectivity index (χ2v) is 4.90. The van der Waals surface area contributed by atoms with E-state index in [0.29, 0.717) is 0 Å². The number of benzene rings is 1. The third kappa shape index (κ3) is 3.87. The van der Waals surface area contributed by atoms with Gasteiger partial charge in [0.05, 0.1) is 6.54 Å². The van der Waals surface area contributed by atoms with Gasteiger partial charge in [-0.05, 0) is 30.0 Å². The van der Waals surface area contributed by atoms with Crippen LogP contribution in [0.5, 0.6) is 0 Å². The lowest BCUT2D eigenvalue weighted by Gasteiger charge is -2.09. The highest BCUT2D eigenvalue weighted by Gasteiger charge is 1.99. The molecule has 0 bridgehead atoms. The molecule has 1 aromatic heterocycles. The molecule has 0 aliphatic rings. The molecule has 4 heteroatoms. The van der Waals surface area contributed by atoms with Crippen molar-refractivity contribution in [1.29, 1.82) is 0 Å². The predicted octanol–water partition coefficient (Wildman–Crippen LogP) is 2.78. The number of rotatable bonds is 6. The molecule has 1 aromatic carbocycles. The van der Waals surface area contributed by atoms with Crippen molar-refractivity contribution in [2.75, 3.05) is 11.9 Å². The third-order valence-corrected chi connectivity index (χ3v) is 2.79. The molecule has 2 aromatic rings. The van der Waals surface area contributed by atoms with Crippen LogP contribution in [0.4, 0.5) is 5.69 Å². The lowest BCUT2D eigenvalue weighted by molar-refractivity contribution is 0.607. The van der Waals surface area contributed by atoms with Gasteiger partial charge >= 0.3 is 0 Å². The molecule has 0 spiro atoms. The van der Waals surface area contributed by atoms with Crippen molar-refractivity contribution in [3.8, 4) is 0 Å². The van der Waals surface area contributed by atoms with Crippen LogP contribution in [-0.2, 0) is 6.54 Å². The van der Waals surface area contributed by atoms with Crippen LogP contribution in [0.3, 0.4) is 0 Å². The van der Waals surface area contributed by atoms with Crippen LogP contribution >= 0.6 is 0 Å². The average Bonchev–Trinajstić information content (AvgIpc) is 2.82. The molecule has 1 heterocycles. The van der Waals surface area contributed by atoms with Gasteiger partial charge in [-0.25, -0.2) is 9.67 Å². The molecular formula is C14H20N4. The van der Waals surface area contributed by atoms with E-state index in [4.69, 9.17) is 0 Å². The summed E-state index contributed by atoms with van der Waals surface area (Å²) in [6.45, 7) is 6.26. The third-order valence-electron chi connectivity index (χ3n) is 2.79. The Morgan fingerprint density at radius 1 is 1.33 bits per heavy atom. The van der Waals surface area contributed by atoms with Crippen LogP contribution in [-0.4, -0.2) is 21.3 Å². The normalized spacial score (nSPS) is 10.8. The zero-order valence-corrected chi connectivity index (χ0v) is 11.0. The summed E-state index contributed by atoms with van der Waals surface area (Å²) in [5, 5.41) is 7.56. The van der Waals surface area contributed by atoms with Gasteiger partial charge in [-0.2, -0.15) is 5.10 Å². The number of hydrogen-bond donors (Lipinski definition) is 1. The fourth-order valence-corrected chi connectivity index (χ4v) is 1.79. The molecule has 96 valence electrons. The van der Waals surface area contributed by atoms with E-state index in [-0.39, 0.29) is 0 Å². The van der Waals surface area contributed by atoms with Crippen molar-refractivity contribution in [2.45, 2.75) is 26.8 Å². The molecule has 0 aliphatic heterocycles. The topological polar surface area (TPSA) is 42.7 Å². The Bertz CT molecular complexity index is 462. The molecule has 0 saturated heterocycles. The zero-order valence-electron chi connectivity index (χ0n) is 11.0. The van der Waals surface area contributed by atoms with E-state index in [1.165, 1.54) is 17.7 Å². The molecule has 0 fully saturated rings. The van der Waals surface area contributed by atoms with Crippen molar-refractivity contribution >= 4 is 5.69 Å². The molecule has 1 N–H and O–H groups in total. The van der Waals surface area contributed by atoms with Crippen LogP contribution in [0, 0.1) is 5.92 Å². The zero-order chi connectivity index (χ0) is 12.8. The summed E-state index contributed by atoms with van der Waals surface area (Å²) in [6, 6.07) is 8.45. The first-order valence-electron chi connectivity index (χ1n) is 6.39. The standard InChI is InChI=1S/C14H20N4/c1-12(2)6-7-16-14-5-3-4-13(8-14)9-18-11-15-10-17-18/h3-5,8,10-12,16H,6-7,9H2,1-2H3. The summed E-state index contributed by atoms with van der Waals surface area (Å²) < 4.78 is 1.83. The number of aromatic nitrogens is 3. The molecule has 2 rings (SSSR count). The largest absolute Gasteiger partial charge is 0.385 e. The number of hydrogen-bond acceptors (Lipinski definition) is 3. The maximum Gasteiger partial charge on any atom is 0.137 e. The number of nitrogens with one attached hydrogen (secondary N) is 1. The molecule has 0 atom stereocenters. The first kappa shape index (κ1) is 12.6. The maximum atomic E-state index is 4.11.